The molecule has 1 N–H and O–H groups in total. The highest BCUT2D eigenvalue weighted by molar-refractivity contribution is 9.11. The Balaban J connectivity index is 1.72. The summed E-state index contributed by atoms with van der Waals surface area (Å²) in [5, 5.41) is 5.60. The second kappa shape index (κ2) is 8.36. The molecule has 0 aliphatic carbocycles. The second-order valence-corrected chi connectivity index (χ2v) is 8.26. The number of carbonyl (C=O) groups is 1. The number of hydrogen-bond donors (Lipinski definition) is 1. The predicted molar refractivity (Wildman–Crippen MR) is 115 cm³/mol. The van der Waals surface area contributed by atoms with Crippen LogP contribution in [-0.2, 0) is 4.79 Å². The minimum atomic E-state index is -0.368. The standard InChI is InChI=1S/C18H10Br2Cl3NO2/c19-10-2-3-11-9(5-10)1-4-16(18(11)20)26-8-17(25)24-15-7-13(22)12(21)6-14(15)23/h1-7H,8H2,(H,24,25). The van der Waals surface area contributed by atoms with Crippen molar-refractivity contribution in [2.24, 2.45) is 0 Å². The molecule has 3 nitrogen and oxygen atoms in total. The van der Waals surface area contributed by atoms with E-state index in [-0.39, 0.29) is 12.5 Å². The van der Waals surface area contributed by atoms with E-state index in [4.69, 9.17) is 39.5 Å². The fourth-order valence-corrected chi connectivity index (χ4v) is 3.88. The number of halogens is 5. The Hall–Kier alpha value is -0.980. The zero-order valence-electron chi connectivity index (χ0n) is 13.0. The molecular weight excluding hydrogens is 528 g/mol. The molecule has 0 radical (unpaired) electrons. The van der Waals surface area contributed by atoms with Gasteiger partial charge >= 0.3 is 0 Å². The van der Waals surface area contributed by atoms with Crippen molar-refractivity contribution in [1.82, 2.24) is 0 Å². The van der Waals surface area contributed by atoms with Crippen molar-refractivity contribution in [2.75, 3.05) is 11.9 Å². The fourth-order valence-electron chi connectivity index (χ4n) is 2.30. The van der Waals surface area contributed by atoms with Crippen LogP contribution >= 0.6 is 66.7 Å². The van der Waals surface area contributed by atoms with Crippen LogP contribution in [0, 0.1) is 0 Å². The third-order valence-corrected chi connectivity index (χ3v) is 5.87. The molecule has 3 aromatic carbocycles. The van der Waals surface area contributed by atoms with Gasteiger partial charge in [-0.2, -0.15) is 0 Å². The number of ether oxygens (including phenoxy) is 1. The highest BCUT2D eigenvalue weighted by Crippen LogP contribution is 2.35. The molecule has 0 atom stereocenters. The molecule has 3 aromatic rings. The lowest BCUT2D eigenvalue weighted by Crippen LogP contribution is -2.20. The highest BCUT2D eigenvalue weighted by atomic mass is 79.9. The number of amides is 1. The van der Waals surface area contributed by atoms with E-state index in [0.717, 1.165) is 19.7 Å². The van der Waals surface area contributed by atoms with Gasteiger partial charge in [0.1, 0.15) is 5.75 Å². The van der Waals surface area contributed by atoms with Crippen molar-refractivity contribution in [2.45, 2.75) is 0 Å². The topological polar surface area (TPSA) is 38.3 Å². The Bertz CT molecular complexity index is 1010. The van der Waals surface area contributed by atoms with Gasteiger partial charge in [-0.1, -0.05) is 62.9 Å². The lowest BCUT2D eigenvalue weighted by molar-refractivity contribution is -0.118. The van der Waals surface area contributed by atoms with Crippen LogP contribution in [0.25, 0.3) is 10.8 Å². The first-order chi connectivity index (χ1) is 12.3. The first-order valence-electron chi connectivity index (χ1n) is 7.30. The number of carbonyl (C=O) groups excluding carboxylic acids is 1. The summed E-state index contributed by atoms with van der Waals surface area (Å²) in [6.07, 6.45) is 0. The molecule has 134 valence electrons. The Morgan fingerprint density at radius 2 is 1.69 bits per heavy atom. The van der Waals surface area contributed by atoms with Crippen LogP contribution in [0.5, 0.6) is 5.75 Å². The van der Waals surface area contributed by atoms with E-state index in [1.165, 1.54) is 12.1 Å². The third-order valence-electron chi connectivity index (χ3n) is 3.52. The summed E-state index contributed by atoms with van der Waals surface area (Å²) in [6.45, 7) is -0.183. The van der Waals surface area contributed by atoms with Crippen molar-refractivity contribution >= 4 is 89.0 Å². The number of fused-ring (bicyclic) bond motifs is 1. The Morgan fingerprint density at radius 3 is 2.46 bits per heavy atom. The molecule has 0 aromatic heterocycles. The number of anilines is 1. The fraction of sp³-hybridized carbons (Fsp3) is 0.0556. The summed E-state index contributed by atoms with van der Waals surface area (Å²) in [7, 11) is 0. The van der Waals surface area contributed by atoms with E-state index in [0.29, 0.717) is 26.5 Å². The van der Waals surface area contributed by atoms with Gasteiger partial charge in [0.05, 0.1) is 25.2 Å². The summed E-state index contributed by atoms with van der Waals surface area (Å²) < 4.78 is 7.40. The largest absolute Gasteiger partial charge is 0.483 e. The molecule has 0 unspecified atom stereocenters. The average molecular weight is 538 g/mol. The molecule has 0 spiro atoms. The maximum absolute atomic E-state index is 12.2. The van der Waals surface area contributed by atoms with E-state index in [9.17, 15) is 4.79 Å². The molecule has 0 heterocycles. The van der Waals surface area contributed by atoms with Gasteiger partial charge in [-0.15, -0.1) is 0 Å². The first kappa shape index (κ1) is 19.8. The quantitative estimate of drug-likeness (QED) is 0.353. The lowest BCUT2D eigenvalue weighted by atomic mass is 10.1. The van der Waals surface area contributed by atoms with Gasteiger partial charge in [0.25, 0.3) is 5.91 Å². The summed E-state index contributed by atoms with van der Waals surface area (Å²) in [5.74, 6) is 0.198. The minimum Gasteiger partial charge on any atom is -0.483 e. The number of rotatable bonds is 4. The maximum Gasteiger partial charge on any atom is 0.262 e. The van der Waals surface area contributed by atoms with E-state index in [1.54, 1.807) is 6.07 Å². The van der Waals surface area contributed by atoms with Crippen molar-refractivity contribution in [3.05, 3.63) is 66.5 Å². The predicted octanol–water partition coefficient (Wildman–Crippen LogP) is 7.34. The minimum absolute atomic E-state index is 0.183. The summed E-state index contributed by atoms with van der Waals surface area (Å²) in [5.41, 5.74) is 0.372. The zero-order valence-corrected chi connectivity index (χ0v) is 18.4. The molecule has 0 aliphatic rings. The van der Waals surface area contributed by atoms with Gasteiger partial charge in [0.2, 0.25) is 0 Å². The van der Waals surface area contributed by atoms with Crippen LogP contribution in [0.1, 0.15) is 0 Å². The third kappa shape index (κ3) is 4.46. The van der Waals surface area contributed by atoms with Crippen molar-refractivity contribution in [1.29, 1.82) is 0 Å². The Kier molecular flexibility index (Phi) is 6.36. The van der Waals surface area contributed by atoms with Crippen molar-refractivity contribution < 1.29 is 9.53 Å². The summed E-state index contributed by atoms with van der Waals surface area (Å²) in [6, 6.07) is 12.6. The van der Waals surface area contributed by atoms with E-state index in [2.05, 4.69) is 37.2 Å². The molecule has 3 rings (SSSR count). The molecule has 0 bridgehead atoms. The maximum atomic E-state index is 12.2. The normalized spacial score (nSPS) is 10.8. The monoisotopic (exact) mass is 535 g/mol. The van der Waals surface area contributed by atoms with Crippen LogP contribution in [0.2, 0.25) is 15.1 Å². The molecular formula is C18H10Br2Cl3NO2. The first-order valence-corrected chi connectivity index (χ1v) is 10.0. The molecule has 26 heavy (non-hydrogen) atoms. The van der Waals surface area contributed by atoms with E-state index < -0.39 is 0 Å². The number of nitrogens with one attached hydrogen (secondary N) is 1. The number of hydrogen-bond acceptors (Lipinski definition) is 2. The van der Waals surface area contributed by atoms with Crippen molar-refractivity contribution in [3.8, 4) is 5.75 Å². The van der Waals surface area contributed by atoms with E-state index >= 15 is 0 Å². The van der Waals surface area contributed by atoms with Crippen LogP contribution in [-0.4, -0.2) is 12.5 Å². The number of benzene rings is 3. The zero-order chi connectivity index (χ0) is 18.8. The van der Waals surface area contributed by atoms with Gasteiger partial charge in [0, 0.05) is 4.47 Å². The van der Waals surface area contributed by atoms with Crippen LogP contribution in [0.15, 0.2) is 51.4 Å². The Morgan fingerprint density at radius 1 is 0.962 bits per heavy atom. The summed E-state index contributed by atoms with van der Waals surface area (Å²) in [4.78, 5) is 12.2. The smallest absolute Gasteiger partial charge is 0.262 e. The molecule has 0 saturated heterocycles. The van der Waals surface area contributed by atoms with Gasteiger partial charge < -0.3 is 10.1 Å². The molecule has 8 heteroatoms. The van der Waals surface area contributed by atoms with Crippen LogP contribution in [0.3, 0.4) is 0 Å². The Labute approximate surface area is 181 Å². The lowest BCUT2D eigenvalue weighted by Gasteiger charge is -2.12. The van der Waals surface area contributed by atoms with Gasteiger partial charge in [-0.05, 0) is 57.0 Å². The van der Waals surface area contributed by atoms with Gasteiger partial charge in [0.15, 0.2) is 6.61 Å². The molecule has 0 fully saturated rings. The van der Waals surface area contributed by atoms with Gasteiger partial charge in [-0.25, -0.2) is 0 Å². The van der Waals surface area contributed by atoms with Crippen molar-refractivity contribution in [3.63, 3.8) is 0 Å². The van der Waals surface area contributed by atoms with Crippen LogP contribution < -0.4 is 10.1 Å². The highest BCUT2D eigenvalue weighted by Gasteiger charge is 2.12. The van der Waals surface area contributed by atoms with Gasteiger partial charge in [-0.3, -0.25) is 4.79 Å². The van der Waals surface area contributed by atoms with E-state index in [1.807, 2.05) is 24.3 Å². The second-order valence-electron chi connectivity index (χ2n) is 5.33. The molecule has 0 aliphatic heterocycles. The van der Waals surface area contributed by atoms with Crippen LogP contribution in [0.4, 0.5) is 5.69 Å². The summed E-state index contributed by atoms with van der Waals surface area (Å²) >= 11 is 24.9. The average Bonchev–Trinajstić information content (AvgIpc) is 2.59. The molecule has 1 amide bonds. The SMILES string of the molecule is O=C(COc1ccc2cc(Br)ccc2c1Br)Nc1cc(Cl)c(Cl)cc1Cl. The molecule has 0 saturated carbocycles.